The topological polar surface area (TPSA) is 24.7 Å². The minimum Gasteiger partial charge on any atom is -0.151 e. The molecule has 0 saturated heterocycles. The molecule has 0 fully saturated rings. The molecule has 0 bridgehead atoms. The molecule has 0 N–H and O–H groups in total. The van der Waals surface area contributed by atoms with Crippen LogP contribution in [0, 0.1) is 0 Å². The molecule has 116 valence electrons. The number of nitrogens with zero attached hydrogens (tertiary/aromatic N) is 2. The highest BCUT2D eigenvalue weighted by Crippen LogP contribution is 2.33. The van der Waals surface area contributed by atoms with Crippen LogP contribution in [0.3, 0.4) is 0 Å². The van der Waals surface area contributed by atoms with Crippen molar-refractivity contribution in [2.24, 2.45) is 10.2 Å². The zero-order valence-electron chi connectivity index (χ0n) is 13.3. The average Bonchev–Trinajstić information content (AvgIpc) is 3.34. The Morgan fingerprint density at radius 2 is 1.58 bits per heavy atom. The predicted molar refractivity (Wildman–Crippen MR) is 99.8 cm³/mol. The number of hydrogen-bond donors (Lipinski definition) is 0. The summed E-state index contributed by atoms with van der Waals surface area (Å²) >= 11 is 0. The molecule has 2 aromatic carbocycles. The monoisotopic (exact) mass is 310 g/mol. The summed E-state index contributed by atoms with van der Waals surface area (Å²) in [7, 11) is 0. The summed E-state index contributed by atoms with van der Waals surface area (Å²) in [5, 5.41) is 8.84. The van der Waals surface area contributed by atoms with E-state index in [0.29, 0.717) is 5.92 Å². The third-order valence-corrected chi connectivity index (χ3v) is 4.25. The molecule has 0 heterocycles. The van der Waals surface area contributed by atoms with E-state index in [2.05, 4.69) is 71.0 Å². The molecule has 2 aliphatic rings. The van der Waals surface area contributed by atoms with Crippen LogP contribution in [0.25, 0.3) is 5.57 Å². The summed E-state index contributed by atoms with van der Waals surface area (Å²) < 4.78 is 0. The van der Waals surface area contributed by atoms with Gasteiger partial charge < -0.3 is 0 Å². The lowest BCUT2D eigenvalue weighted by molar-refractivity contribution is 1.09. The fraction of sp³-hybridized carbons (Fsp3) is 0.0909. The number of hydrogen-bond acceptors (Lipinski definition) is 2. The molecule has 2 aliphatic carbocycles. The SMILES string of the molecule is C1=CCC(c2cc(N=Nc3ccccc3)cc(C3C=CC=C3)c2)=C1. The number of rotatable bonds is 4. The van der Waals surface area contributed by atoms with Crippen molar-refractivity contribution in [1.29, 1.82) is 0 Å². The first-order chi connectivity index (χ1) is 11.9. The number of azo groups is 1. The largest absolute Gasteiger partial charge is 0.151 e. The lowest BCUT2D eigenvalue weighted by Gasteiger charge is -2.11. The first-order valence-electron chi connectivity index (χ1n) is 8.21. The van der Waals surface area contributed by atoms with Gasteiger partial charge in [0.25, 0.3) is 0 Å². The van der Waals surface area contributed by atoms with E-state index in [1.807, 2.05) is 30.3 Å². The number of benzene rings is 2. The van der Waals surface area contributed by atoms with Crippen molar-refractivity contribution >= 4 is 16.9 Å². The fourth-order valence-electron chi connectivity index (χ4n) is 3.00. The van der Waals surface area contributed by atoms with Gasteiger partial charge in [0.15, 0.2) is 0 Å². The summed E-state index contributed by atoms with van der Waals surface area (Å²) in [6.45, 7) is 0. The average molecular weight is 310 g/mol. The Morgan fingerprint density at radius 3 is 2.33 bits per heavy atom. The Bertz CT molecular complexity index is 871. The third-order valence-electron chi connectivity index (χ3n) is 4.25. The molecule has 2 nitrogen and oxygen atoms in total. The van der Waals surface area contributed by atoms with E-state index in [-0.39, 0.29) is 0 Å². The molecule has 0 spiro atoms. The normalized spacial score (nSPS) is 16.4. The molecule has 0 unspecified atom stereocenters. The molecular weight excluding hydrogens is 292 g/mol. The van der Waals surface area contributed by atoms with Crippen LogP contribution >= 0.6 is 0 Å². The highest BCUT2D eigenvalue weighted by atomic mass is 15.1. The maximum absolute atomic E-state index is 4.47. The van der Waals surface area contributed by atoms with Crippen LogP contribution < -0.4 is 0 Å². The van der Waals surface area contributed by atoms with E-state index in [1.54, 1.807) is 0 Å². The van der Waals surface area contributed by atoms with E-state index >= 15 is 0 Å². The predicted octanol–water partition coefficient (Wildman–Crippen LogP) is 6.65. The molecule has 0 amide bonds. The number of allylic oxidation sites excluding steroid dienone is 8. The van der Waals surface area contributed by atoms with Crippen LogP contribution in [0.5, 0.6) is 0 Å². The Labute approximate surface area is 142 Å². The smallest absolute Gasteiger partial charge is 0.0866 e. The zero-order valence-corrected chi connectivity index (χ0v) is 13.3. The quantitative estimate of drug-likeness (QED) is 0.564. The van der Waals surface area contributed by atoms with Gasteiger partial charge in [-0.05, 0) is 47.4 Å². The van der Waals surface area contributed by atoms with Gasteiger partial charge in [-0.1, -0.05) is 66.8 Å². The van der Waals surface area contributed by atoms with E-state index < -0.39 is 0 Å². The molecule has 4 rings (SSSR count). The van der Waals surface area contributed by atoms with E-state index in [1.165, 1.54) is 16.7 Å². The molecule has 0 aliphatic heterocycles. The first-order valence-corrected chi connectivity index (χ1v) is 8.21. The Morgan fingerprint density at radius 1 is 0.792 bits per heavy atom. The van der Waals surface area contributed by atoms with E-state index in [4.69, 9.17) is 0 Å². The van der Waals surface area contributed by atoms with E-state index in [0.717, 1.165) is 17.8 Å². The Hall–Kier alpha value is -3.00. The summed E-state index contributed by atoms with van der Waals surface area (Å²) in [5.74, 6) is 0.325. The molecule has 0 atom stereocenters. The Balaban J connectivity index is 1.71. The molecule has 0 saturated carbocycles. The summed E-state index contributed by atoms with van der Waals surface area (Å²) in [6.07, 6.45) is 16.1. The minimum atomic E-state index is 0.325. The van der Waals surface area contributed by atoms with Crippen molar-refractivity contribution in [2.45, 2.75) is 12.3 Å². The van der Waals surface area contributed by atoms with Crippen molar-refractivity contribution in [1.82, 2.24) is 0 Å². The van der Waals surface area contributed by atoms with Gasteiger partial charge in [0, 0.05) is 5.92 Å². The molecule has 2 heteroatoms. The third kappa shape index (κ3) is 3.18. The van der Waals surface area contributed by atoms with Gasteiger partial charge in [-0.2, -0.15) is 10.2 Å². The van der Waals surface area contributed by atoms with Crippen molar-refractivity contribution in [3.05, 3.63) is 102 Å². The fourth-order valence-corrected chi connectivity index (χ4v) is 3.00. The highest BCUT2D eigenvalue weighted by Gasteiger charge is 2.12. The van der Waals surface area contributed by atoms with E-state index in [9.17, 15) is 0 Å². The van der Waals surface area contributed by atoms with Gasteiger partial charge >= 0.3 is 0 Å². The summed E-state index contributed by atoms with van der Waals surface area (Å²) in [6, 6.07) is 16.4. The van der Waals surface area contributed by atoms with Gasteiger partial charge in [0.05, 0.1) is 11.4 Å². The van der Waals surface area contributed by atoms with Gasteiger partial charge in [-0.15, -0.1) is 0 Å². The van der Waals surface area contributed by atoms with Gasteiger partial charge in [-0.25, -0.2) is 0 Å². The van der Waals surface area contributed by atoms with Crippen molar-refractivity contribution in [2.75, 3.05) is 0 Å². The second-order valence-electron chi connectivity index (χ2n) is 5.97. The van der Waals surface area contributed by atoms with Gasteiger partial charge in [-0.3, -0.25) is 0 Å². The van der Waals surface area contributed by atoms with Crippen molar-refractivity contribution in [3.63, 3.8) is 0 Å². The van der Waals surface area contributed by atoms with Gasteiger partial charge in [0.2, 0.25) is 0 Å². The van der Waals surface area contributed by atoms with Crippen LogP contribution in [0.4, 0.5) is 11.4 Å². The molecule has 0 aromatic heterocycles. The van der Waals surface area contributed by atoms with Crippen LogP contribution in [0.15, 0.2) is 101 Å². The van der Waals surface area contributed by atoms with Crippen molar-refractivity contribution in [3.8, 4) is 0 Å². The maximum Gasteiger partial charge on any atom is 0.0866 e. The minimum absolute atomic E-state index is 0.325. The van der Waals surface area contributed by atoms with Crippen LogP contribution in [-0.4, -0.2) is 0 Å². The van der Waals surface area contributed by atoms with Crippen LogP contribution in [0.2, 0.25) is 0 Å². The van der Waals surface area contributed by atoms with Crippen LogP contribution in [-0.2, 0) is 0 Å². The second kappa shape index (κ2) is 6.63. The van der Waals surface area contributed by atoms with Crippen LogP contribution in [0.1, 0.15) is 23.5 Å². The lowest BCUT2D eigenvalue weighted by atomic mass is 9.95. The molecule has 24 heavy (non-hydrogen) atoms. The Kier molecular flexibility index (Phi) is 4.03. The summed E-state index contributed by atoms with van der Waals surface area (Å²) in [5.41, 5.74) is 5.58. The summed E-state index contributed by atoms with van der Waals surface area (Å²) in [4.78, 5) is 0. The first kappa shape index (κ1) is 14.6. The van der Waals surface area contributed by atoms with Crippen molar-refractivity contribution < 1.29 is 0 Å². The maximum atomic E-state index is 4.47. The molecule has 2 aromatic rings. The molecule has 0 radical (unpaired) electrons. The second-order valence-corrected chi connectivity index (χ2v) is 5.97. The standard InChI is InChI=1S/C22H18N2/c1-2-12-21(13-3-1)23-24-22-15-19(17-8-4-5-9-17)14-20(16-22)18-10-6-7-11-18/h1-10,12-17H,11H2. The zero-order chi connectivity index (χ0) is 16.2. The highest BCUT2D eigenvalue weighted by molar-refractivity contribution is 5.73. The van der Waals surface area contributed by atoms with Gasteiger partial charge in [0.1, 0.15) is 0 Å². The molecular formula is C22H18N2. The lowest BCUT2D eigenvalue weighted by Crippen LogP contribution is -1.91.